The van der Waals surface area contributed by atoms with E-state index in [4.69, 9.17) is 69.2 Å². The summed E-state index contributed by atoms with van der Waals surface area (Å²) in [5, 5.41) is 11.1. The van der Waals surface area contributed by atoms with Gasteiger partial charge in [0.2, 0.25) is 0 Å². The number of aromatic amines is 1. The predicted octanol–water partition coefficient (Wildman–Crippen LogP) is 8.64. The number of esters is 2. The molecule has 6 aromatic rings. The third-order valence-electron chi connectivity index (χ3n) is 10.6. The van der Waals surface area contributed by atoms with Gasteiger partial charge in [-0.05, 0) is 98.7 Å². The van der Waals surface area contributed by atoms with Crippen LogP contribution < -0.4 is 31.4 Å². The highest BCUT2D eigenvalue weighted by atomic mass is 79.9. The number of nitrogens with one attached hydrogen (secondary N) is 1. The largest absolute Gasteiger partial charge is 0.481 e. The number of aromatic nitrogens is 3. The van der Waals surface area contributed by atoms with E-state index in [0.29, 0.717) is 74.4 Å². The van der Waals surface area contributed by atoms with Crippen molar-refractivity contribution in [3.8, 4) is 17.2 Å². The number of alkyl halides is 3. The average Bonchev–Trinajstić information content (AvgIpc) is 4.10. The van der Waals surface area contributed by atoms with Gasteiger partial charge in [0.1, 0.15) is 28.5 Å². The van der Waals surface area contributed by atoms with Crippen LogP contribution in [0.25, 0.3) is 32.7 Å². The van der Waals surface area contributed by atoms with Gasteiger partial charge in [-0.25, -0.2) is 14.4 Å². The Morgan fingerprint density at radius 1 is 0.580 bits per heavy atom. The van der Waals surface area contributed by atoms with Gasteiger partial charge in [0.15, 0.2) is 19.8 Å². The minimum atomic E-state index is -1.15. The Kier molecular flexibility index (Phi) is 26.8. The van der Waals surface area contributed by atoms with Crippen LogP contribution in [0.2, 0.25) is 0 Å². The van der Waals surface area contributed by atoms with Crippen LogP contribution in [0, 0.1) is 20.8 Å². The fourth-order valence-corrected chi connectivity index (χ4v) is 7.78. The Morgan fingerprint density at radius 3 is 1.23 bits per heavy atom. The fourth-order valence-electron chi connectivity index (χ4n) is 7.78. The van der Waals surface area contributed by atoms with Gasteiger partial charge in [-0.1, -0.05) is 52.4 Å². The van der Waals surface area contributed by atoms with Crippen LogP contribution in [0.1, 0.15) is 89.7 Å². The molecule has 24 heteroatoms. The molecular formula is C57H67BrCl2N6O15. The number of hydrogen-bond acceptors (Lipinski definition) is 14. The Balaban J connectivity index is 0.000000392. The van der Waals surface area contributed by atoms with Gasteiger partial charge in [0, 0.05) is 35.5 Å². The van der Waals surface area contributed by atoms with E-state index >= 15 is 0 Å². The molecule has 21 nitrogen and oxygen atoms in total. The monoisotopic (exact) mass is 1220 g/mol. The number of carbonyl (C=O) groups is 9. The number of aryl methyl sites for hydroxylation is 1. The second kappa shape index (κ2) is 31.5. The SMILES string of the molecule is C=CCBr.C=CCn1c(C)c(C(=O)C(N)=O)c2c(OCC(=O)O)cccc21.C=CCn1c(C)c(C(=O)C(N)=O)c2c(OCC(=O)OC(C)(C)C)cccc21.Cc1[nH]c2cccc(OCC(=O)OC(C)(C)C)c2c1C(=O)C(N)=O.ClCCl. The van der Waals surface area contributed by atoms with Crippen LogP contribution in [-0.4, -0.2) is 114 Å². The average molecular weight is 1230 g/mol. The normalized spacial score (nSPS) is 10.6. The number of carboxylic acids is 1. The second-order valence-electron chi connectivity index (χ2n) is 18.9. The number of rotatable bonds is 20. The van der Waals surface area contributed by atoms with E-state index < -0.39 is 70.8 Å². The Bertz CT molecular complexity index is 3340. The number of Topliss-reactive ketones (excluding diaryl/α,β-unsaturated/α-hetero) is 3. The smallest absolute Gasteiger partial charge is 0.344 e. The van der Waals surface area contributed by atoms with Gasteiger partial charge in [-0.15, -0.1) is 42.9 Å². The van der Waals surface area contributed by atoms with E-state index in [1.807, 2.05) is 4.57 Å². The van der Waals surface area contributed by atoms with Crippen molar-refractivity contribution in [3.63, 3.8) is 0 Å². The maximum Gasteiger partial charge on any atom is 0.344 e. The zero-order valence-corrected chi connectivity index (χ0v) is 49.5. The van der Waals surface area contributed by atoms with Crippen molar-refractivity contribution in [1.29, 1.82) is 0 Å². The number of benzene rings is 3. The number of hydrogen-bond donors (Lipinski definition) is 5. The molecule has 3 heterocycles. The van der Waals surface area contributed by atoms with E-state index in [9.17, 15) is 43.2 Å². The van der Waals surface area contributed by atoms with Crippen LogP contribution in [0.15, 0.2) is 92.6 Å². The molecule has 0 aliphatic carbocycles. The Hall–Kier alpha value is -8.21. The lowest BCUT2D eigenvalue weighted by Gasteiger charge is -2.19. The first-order valence-corrected chi connectivity index (χ1v) is 26.5. The number of carboxylic acid groups (broad SMARTS) is 1. The Labute approximate surface area is 486 Å². The number of nitrogens with two attached hydrogens (primary N) is 3. The highest BCUT2D eigenvalue weighted by Gasteiger charge is 2.29. The molecule has 0 atom stereocenters. The fraction of sp³-hybridized carbons (Fsp3) is 0.316. The van der Waals surface area contributed by atoms with Crippen molar-refractivity contribution in [3.05, 3.63) is 126 Å². The molecule has 0 saturated heterocycles. The molecule has 3 aromatic carbocycles. The minimum Gasteiger partial charge on any atom is -0.481 e. The molecular weight excluding hydrogens is 1160 g/mol. The lowest BCUT2D eigenvalue weighted by Crippen LogP contribution is -2.27. The van der Waals surface area contributed by atoms with Crippen molar-refractivity contribution in [2.75, 3.05) is 30.5 Å². The van der Waals surface area contributed by atoms with Gasteiger partial charge in [-0.2, -0.15) is 0 Å². The molecule has 0 radical (unpaired) electrons. The molecule has 3 aromatic heterocycles. The molecule has 0 spiro atoms. The molecule has 0 saturated carbocycles. The number of H-pyrrole nitrogens is 1. The number of aliphatic carboxylic acids is 1. The van der Waals surface area contributed by atoms with Crippen LogP contribution in [-0.2, 0) is 51.3 Å². The van der Waals surface area contributed by atoms with E-state index in [1.54, 1.807) is 140 Å². The number of primary amides is 3. The summed E-state index contributed by atoms with van der Waals surface area (Å²) >= 11 is 12.7. The molecule has 0 aliphatic heterocycles. The van der Waals surface area contributed by atoms with Crippen LogP contribution in [0.3, 0.4) is 0 Å². The molecule has 6 rings (SSSR count). The summed E-state index contributed by atoms with van der Waals surface area (Å²) in [5.74, 6) is -7.08. The lowest BCUT2D eigenvalue weighted by molar-refractivity contribution is -0.158. The van der Waals surface area contributed by atoms with Crippen molar-refractivity contribution in [1.82, 2.24) is 14.1 Å². The summed E-state index contributed by atoms with van der Waals surface area (Å²) in [6, 6.07) is 15.2. The number of ether oxygens (including phenoxy) is 5. The molecule has 0 bridgehead atoms. The second-order valence-corrected chi connectivity index (χ2v) is 20.3. The van der Waals surface area contributed by atoms with Gasteiger partial charge in [0.25, 0.3) is 35.1 Å². The summed E-state index contributed by atoms with van der Waals surface area (Å²) in [6.45, 7) is 26.1. The predicted molar refractivity (Wildman–Crippen MR) is 314 cm³/mol. The lowest BCUT2D eigenvalue weighted by atomic mass is 10.1. The van der Waals surface area contributed by atoms with E-state index in [-0.39, 0.29) is 41.0 Å². The first-order valence-electron chi connectivity index (χ1n) is 24.3. The minimum absolute atomic E-state index is 0.121. The van der Waals surface area contributed by atoms with Crippen molar-refractivity contribution in [2.45, 2.75) is 86.6 Å². The molecule has 0 aliphatic rings. The summed E-state index contributed by atoms with van der Waals surface area (Å²) in [5.41, 5.74) is 18.2. The van der Waals surface area contributed by atoms with Gasteiger partial charge >= 0.3 is 17.9 Å². The molecule has 3 amide bonds. The number of fused-ring (bicyclic) bond motifs is 3. The van der Waals surface area contributed by atoms with Crippen LogP contribution >= 0.6 is 39.1 Å². The van der Waals surface area contributed by atoms with Gasteiger partial charge < -0.3 is 60.1 Å². The summed E-state index contributed by atoms with van der Waals surface area (Å²) in [7, 11) is 0. The maximum absolute atomic E-state index is 12.4. The first-order chi connectivity index (χ1) is 37.9. The Morgan fingerprint density at radius 2 is 0.914 bits per heavy atom. The standard InChI is InChI=1S/C20H24N2O5.C17H20N2O5.C16H16N2O5.C3H5Br.CH2Cl2/c1-6-10-22-12(2)16(18(24)19(21)25)17-13(22)8-7-9-14(17)26-11-15(23)27-20(3,4)5;1-9-13(15(21)16(18)22)14-10(19-9)6-5-7-11(14)23-8-12(20)24-17(2,3)4;1-3-7-18-9(2)13(15(21)16(17)22)14-10(18)5-4-6-11(14)23-8-12(19)20;1-2-3-4;2-1-3/h6-9H,1,10-11H2,2-5H3,(H2,21,25);5-7,19H,8H2,1-4H3,(H2,18,22);3-6H,1,7-8H2,2H3,(H2,17,22)(H,19,20);2H,1,3H2;1H2. The number of halogens is 3. The van der Waals surface area contributed by atoms with E-state index in [1.165, 1.54) is 0 Å². The van der Waals surface area contributed by atoms with Crippen molar-refractivity contribution in [2.24, 2.45) is 17.2 Å². The zero-order chi connectivity index (χ0) is 61.7. The van der Waals surface area contributed by atoms with Crippen molar-refractivity contribution >= 4 is 125 Å². The highest BCUT2D eigenvalue weighted by molar-refractivity contribution is 9.09. The number of ketones is 3. The van der Waals surface area contributed by atoms with Gasteiger partial charge in [-0.3, -0.25) is 28.8 Å². The summed E-state index contributed by atoms with van der Waals surface area (Å²) in [4.78, 5) is 108. The molecule has 0 fully saturated rings. The highest BCUT2D eigenvalue weighted by Crippen LogP contribution is 2.36. The summed E-state index contributed by atoms with van der Waals surface area (Å²) < 4.78 is 30.4. The molecule has 81 heavy (non-hydrogen) atoms. The molecule has 436 valence electrons. The third-order valence-corrected chi connectivity index (χ3v) is 11.0. The third kappa shape index (κ3) is 19.5. The van der Waals surface area contributed by atoms with Crippen LogP contribution in [0.5, 0.6) is 17.2 Å². The topological polar surface area (TPSA) is 324 Å². The number of carbonyl (C=O) groups excluding carboxylic acids is 8. The van der Waals surface area contributed by atoms with Crippen LogP contribution in [0.4, 0.5) is 0 Å². The molecule has 0 unspecified atom stereocenters. The molecule has 8 N–H and O–H groups in total. The van der Waals surface area contributed by atoms with Crippen molar-refractivity contribution < 1.29 is 71.9 Å². The number of nitrogens with zero attached hydrogens (tertiary/aromatic N) is 2. The zero-order valence-electron chi connectivity index (χ0n) is 46.4. The van der Waals surface area contributed by atoms with E-state index in [0.717, 1.165) is 5.33 Å². The quantitative estimate of drug-likeness (QED) is 0.0157. The maximum atomic E-state index is 12.4. The first kappa shape index (κ1) is 68.9. The van der Waals surface area contributed by atoms with E-state index in [2.05, 4.69) is 40.7 Å². The number of amides is 3. The summed E-state index contributed by atoms with van der Waals surface area (Å²) in [6.07, 6.45) is 5.12. The van der Waals surface area contributed by atoms with Gasteiger partial charge in [0.05, 0.1) is 54.7 Å². The number of allylic oxidation sites excluding steroid dienone is 3.